The van der Waals surface area contributed by atoms with Crippen molar-refractivity contribution in [2.24, 2.45) is 5.92 Å². The maximum Gasteiger partial charge on any atom is 0.257 e. The van der Waals surface area contributed by atoms with E-state index < -0.39 is 0 Å². The summed E-state index contributed by atoms with van der Waals surface area (Å²) >= 11 is 0. The van der Waals surface area contributed by atoms with Gasteiger partial charge in [0.1, 0.15) is 0 Å². The highest BCUT2D eigenvalue weighted by atomic mass is 16.5. The van der Waals surface area contributed by atoms with Crippen molar-refractivity contribution in [2.45, 2.75) is 27.3 Å². The zero-order valence-corrected chi connectivity index (χ0v) is 13.4. The maximum absolute atomic E-state index is 11.4. The Kier molecular flexibility index (Phi) is 7.61. The average Bonchev–Trinajstić information content (AvgIpc) is 2.46. The van der Waals surface area contributed by atoms with Gasteiger partial charge in [-0.2, -0.15) is 0 Å². The summed E-state index contributed by atoms with van der Waals surface area (Å²) < 4.78 is 11.2. The number of rotatable bonds is 9. The average molecular weight is 294 g/mol. The van der Waals surface area contributed by atoms with Crippen molar-refractivity contribution in [3.63, 3.8) is 0 Å². The van der Waals surface area contributed by atoms with Gasteiger partial charge in [-0.1, -0.05) is 26.0 Å². The molecule has 0 aliphatic heterocycles. The van der Waals surface area contributed by atoms with Crippen LogP contribution >= 0.6 is 0 Å². The number of carbonyl (C=O) groups excluding carboxylic acids is 1. The number of amides is 1. The number of carbonyl (C=O) groups is 1. The van der Waals surface area contributed by atoms with Crippen molar-refractivity contribution in [3.8, 4) is 11.5 Å². The molecule has 0 heterocycles. The van der Waals surface area contributed by atoms with Crippen molar-refractivity contribution in [2.75, 3.05) is 26.8 Å². The van der Waals surface area contributed by atoms with Crippen molar-refractivity contribution in [3.05, 3.63) is 23.8 Å². The third-order valence-corrected chi connectivity index (χ3v) is 2.85. The Balaban J connectivity index is 2.83. The van der Waals surface area contributed by atoms with Crippen molar-refractivity contribution in [1.82, 2.24) is 10.6 Å². The van der Waals surface area contributed by atoms with Gasteiger partial charge < -0.3 is 20.1 Å². The van der Waals surface area contributed by atoms with Crippen molar-refractivity contribution < 1.29 is 14.3 Å². The Morgan fingerprint density at radius 3 is 2.67 bits per heavy atom. The van der Waals surface area contributed by atoms with Crippen LogP contribution in [0.5, 0.6) is 11.5 Å². The first kappa shape index (κ1) is 17.3. The molecule has 0 atom stereocenters. The van der Waals surface area contributed by atoms with Gasteiger partial charge in [0.25, 0.3) is 5.91 Å². The minimum Gasteiger partial charge on any atom is -0.490 e. The van der Waals surface area contributed by atoms with Crippen LogP contribution in [-0.4, -0.2) is 32.7 Å². The van der Waals surface area contributed by atoms with Crippen LogP contribution in [0.25, 0.3) is 0 Å². The minimum absolute atomic E-state index is 0.0161. The molecule has 1 aromatic carbocycles. The topological polar surface area (TPSA) is 59.6 Å². The molecule has 2 N–H and O–H groups in total. The second-order valence-corrected chi connectivity index (χ2v) is 5.16. The van der Waals surface area contributed by atoms with Gasteiger partial charge in [-0.25, -0.2) is 0 Å². The Hall–Kier alpha value is -1.75. The predicted molar refractivity (Wildman–Crippen MR) is 83.7 cm³/mol. The van der Waals surface area contributed by atoms with Crippen LogP contribution in [0.2, 0.25) is 0 Å². The standard InChI is InChI=1S/C16H26N2O3/c1-5-20-14-8-6-7-13(10-18-9-12(2)3)16(14)21-11-15(19)17-4/h6-8,12,18H,5,9-11H2,1-4H3,(H,17,19). The van der Waals surface area contributed by atoms with Crippen LogP contribution in [0.4, 0.5) is 0 Å². The minimum atomic E-state index is -0.164. The van der Waals surface area contributed by atoms with Gasteiger partial charge in [-0.05, 0) is 25.5 Å². The van der Waals surface area contributed by atoms with E-state index in [1.54, 1.807) is 7.05 Å². The van der Waals surface area contributed by atoms with E-state index in [1.807, 2.05) is 25.1 Å². The molecule has 21 heavy (non-hydrogen) atoms. The summed E-state index contributed by atoms with van der Waals surface area (Å²) in [7, 11) is 1.59. The lowest BCUT2D eigenvalue weighted by Gasteiger charge is -2.16. The molecule has 0 aliphatic carbocycles. The molecule has 0 aromatic heterocycles. The van der Waals surface area contributed by atoms with Crippen molar-refractivity contribution >= 4 is 5.91 Å². The monoisotopic (exact) mass is 294 g/mol. The second-order valence-electron chi connectivity index (χ2n) is 5.16. The molecule has 0 fully saturated rings. The number of likely N-dealkylation sites (N-methyl/N-ethyl adjacent to an activating group) is 1. The first-order valence-electron chi connectivity index (χ1n) is 7.37. The van der Waals surface area contributed by atoms with Crippen LogP contribution in [-0.2, 0) is 11.3 Å². The van der Waals surface area contributed by atoms with Gasteiger partial charge in [-0.3, -0.25) is 4.79 Å². The Labute approximate surface area is 127 Å². The molecule has 0 saturated heterocycles. The number of benzene rings is 1. The lowest BCUT2D eigenvalue weighted by molar-refractivity contribution is -0.122. The molecule has 118 valence electrons. The molecular formula is C16H26N2O3. The van der Waals surface area contributed by atoms with Gasteiger partial charge in [0.15, 0.2) is 18.1 Å². The first-order valence-corrected chi connectivity index (χ1v) is 7.37. The molecular weight excluding hydrogens is 268 g/mol. The molecule has 0 saturated carbocycles. The fourth-order valence-electron chi connectivity index (χ4n) is 1.84. The van der Waals surface area contributed by atoms with Gasteiger partial charge in [0.05, 0.1) is 6.61 Å². The van der Waals surface area contributed by atoms with E-state index in [9.17, 15) is 4.79 Å². The molecule has 1 aromatic rings. The number of para-hydroxylation sites is 1. The van der Waals surface area contributed by atoms with E-state index in [2.05, 4.69) is 24.5 Å². The molecule has 0 aliphatic rings. The van der Waals surface area contributed by atoms with E-state index >= 15 is 0 Å². The molecule has 0 radical (unpaired) electrons. The third-order valence-electron chi connectivity index (χ3n) is 2.85. The summed E-state index contributed by atoms with van der Waals surface area (Å²) in [5.74, 6) is 1.72. The summed E-state index contributed by atoms with van der Waals surface area (Å²) in [6, 6.07) is 5.77. The van der Waals surface area contributed by atoms with E-state index in [0.717, 1.165) is 12.1 Å². The Bertz CT molecular complexity index is 447. The number of hydrogen-bond acceptors (Lipinski definition) is 4. The summed E-state index contributed by atoms with van der Waals surface area (Å²) in [6.07, 6.45) is 0. The zero-order valence-electron chi connectivity index (χ0n) is 13.4. The highest BCUT2D eigenvalue weighted by molar-refractivity contribution is 5.77. The molecule has 5 heteroatoms. The lowest BCUT2D eigenvalue weighted by atomic mass is 10.1. The summed E-state index contributed by atoms with van der Waals surface area (Å²) in [4.78, 5) is 11.4. The third kappa shape index (κ3) is 6.04. The highest BCUT2D eigenvalue weighted by Crippen LogP contribution is 2.31. The number of nitrogens with one attached hydrogen (secondary N) is 2. The fourth-order valence-corrected chi connectivity index (χ4v) is 1.84. The van der Waals surface area contributed by atoms with Crippen molar-refractivity contribution in [1.29, 1.82) is 0 Å². The van der Waals surface area contributed by atoms with E-state index in [-0.39, 0.29) is 12.5 Å². The Morgan fingerprint density at radius 2 is 2.05 bits per heavy atom. The molecule has 0 spiro atoms. The fraction of sp³-hybridized carbons (Fsp3) is 0.562. The van der Waals surface area contributed by atoms with Crippen LogP contribution in [0.15, 0.2) is 18.2 Å². The largest absolute Gasteiger partial charge is 0.490 e. The maximum atomic E-state index is 11.4. The van der Waals surface area contributed by atoms with E-state index in [1.165, 1.54) is 0 Å². The van der Waals surface area contributed by atoms with Crippen LogP contribution in [0.3, 0.4) is 0 Å². The zero-order chi connectivity index (χ0) is 15.7. The quantitative estimate of drug-likeness (QED) is 0.731. The first-order chi connectivity index (χ1) is 10.1. The molecule has 1 rings (SSSR count). The number of hydrogen-bond donors (Lipinski definition) is 2. The SMILES string of the molecule is CCOc1cccc(CNCC(C)C)c1OCC(=O)NC. The molecule has 0 bridgehead atoms. The smallest absolute Gasteiger partial charge is 0.257 e. The molecule has 5 nitrogen and oxygen atoms in total. The molecule has 0 unspecified atom stereocenters. The highest BCUT2D eigenvalue weighted by Gasteiger charge is 2.12. The van der Waals surface area contributed by atoms with Crippen LogP contribution < -0.4 is 20.1 Å². The number of ether oxygens (including phenoxy) is 2. The van der Waals surface area contributed by atoms with Gasteiger partial charge in [-0.15, -0.1) is 0 Å². The predicted octanol–water partition coefficient (Wildman–Crippen LogP) is 1.96. The molecule has 1 amide bonds. The lowest BCUT2D eigenvalue weighted by Crippen LogP contribution is -2.25. The summed E-state index contributed by atoms with van der Waals surface area (Å²) in [5.41, 5.74) is 0.991. The second kappa shape index (κ2) is 9.23. The van der Waals surface area contributed by atoms with Gasteiger partial charge in [0, 0.05) is 19.2 Å². The van der Waals surface area contributed by atoms with Gasteiger partial charge >= 0.3 is 0 Å². The van der Waals surface area contributed by atoms with Crippen LogP contribution in [0, 0.1) is 5.92 Å². The van der Waals surface area contributed by atoms with E-state index in [0.29, 0.717) is 30.6 Å². The normalized spacial score (nSPS) is 10.5. The Morgan fingerprint density at radius 1 is 1.29 bits per heavy atom. The van der Waals surface area contributed by atoms with Crippen LogP contribution in [0.1, 0.15) is 26.3 Å². The summed E-state index contributed by atoms with van der Waals surface area (Å²) in [5, 5.41) is 5.92. The van der Waals surface area contributed by atoms with E-state index in [4.69, 9.17) is 9.47 Å². The summed E-state index contributed by atoms with van der Waals surface area (Å²) in [6.45, 7) is 8.39. The van der Waals surface area contributed by atoms with Gasteiger partial charge in [0.2, 0.25) is 0 Å².